The summed E-state index contributed by atoms with van der Waals surface area (Å²) in [5.74, 6) is 0.502. The van der Waals surface area contributed by atoms with Crippen LogP contribution in [0.4, 0.5) is 21.3 Å². The van der Waals surface area contributed by atoms with Crippen molar-refractivity contribution in [1.29, 1.82) is 0 Å². The molecule has 2 N–H and O–H groups in total. The quantitative estimate of drug-likeness (QED) is 0.570. The SMILES string of the molecule is COc1ccc(Nc2nc(C(=O)NC(C)c3cccc(N4CCOC4=O)c3)cs2)cc1. The molecular formula is C22H22N4O4S. The van der Waals surface area contributed by atoms with Crippen molar-refractivity contribution in [2.24, 2.45) is 0 Å². The number of nitrogens with one attached hydrogen (secondary N) is 2. The molecule has 3 aromatic rings. The highest BCUT2D eigenvalue weighted by Crippen LogP contribution is 2.25. The lowest BCUT2D eigenvalue weighted by Crippen LogP contribution is -2.27. The molecule has 1 saturated heterocycles. The van der Waals surface area contributed by atoms with Crippen molar-refractivity contribution in [1.82, 2.24) is 10.3 Å². The van der Waals surface area contributed by atoms with Crippen LogP contribution in [0.25, 0.3) is 0 Å². The van der Waals surface area contributed by atoms with Crippen LogP contribution in [0.2, 0.25) is 0 Å². The van der Waals surface area contributed by atoms with E-state index in [1.54, 1.807) is 17.4 Å². The molecule has 1 fully saturated rings. The number of ether oxygens (including phenoxy) is 2. The Morgan fingerprint density at radius 2 is 2.06 bits per heavy atom. The lowest BCUT2D eigenvalue weighted by atomic mass is 10.1. The number of hydrogen-bond donors (Lipinski definition) is 2. The van der Waals surface area contributed by atoms with Crippen LogP contribution in [0.15, 0.2) is 53.9 Å². The van der Waals surface area contributed by atoms with Gasteiger partial charge in [-0.15, -0.1) is 11.3 Å². The predicted octanol–water partition coefficient (Wildman–Crippen LogP) is 4.34. The molecule has 2 aromatic carbocycles. The summed E-state index contributed by atoms with van der Waals surface area (Å²) in [5.41, 5.74) is 2.83. The lowest BCUT2D eigenvalue weighted by molar-refractivity contribution is 0.0935. The summed E-state index contributed by atoms with van der Waals surface area (Å²) < 4.78 is 10.1. The molecule has 1 aliphatic rings. The summed E-state index contributed by atoms with van der Waals surface area (Å²) in [6.07, 6.45) is -0.354. The minimum absolute atomic E-state index is 0.259. The molecule has 0 spiro atoms. The monoisotopic (exact) mass is 438 g/mol. The zero-order valence-electron chi connectivity index (χ0n) is 17.1. The fourth-order valence-corrected chi connectivity index (χ4v) is 3.89. The number of methoxy groups -OCH3 is 1. The second-order valence-corrected chi connectivity index (χ2v) is 7.81. The van der Waals surface area contributed by atoms with Crippen molar-refractivity contribution in [2.45, 2.75) is 13.0 Å². The van der Waals surface area contributed by atoms with E-state index in [1.165, 1.54) is 11.3 Å². The lowest BCUT2D eigenvalue weighted by Gasteiger charge is -2.17. The van der Waals surface area contributed by atoms with Crippen LogP contribution in [0.3, 0.4) is 0 Å². The highest BCUT2D eigenvalue weighted by molar-refractivity contribution is 7.14. The van der Waals surface area contributed by atoms with Crippen LogP contribution < -0.4 is 20.3 Å². The van der Waals surface area contributed by atoms with Gasteiger partial charge in [0.25, 0.3) is 5.91 Å². The average Bonchev–Trinajstić information content (AvgIpc) is 3.43. The molecule has 1 atom stereocenters. The molecular weight excluding hydrogens is 416 g/mol. The standard InChI is InChI=1S/C22H22N4O4S/c1-14(15-4-3-5-17(12-15)26-10-11-30-22(26)28)23-20(27)19-13-31-21(25-19)24-16-6-8-18(29-2)9-7-16/h3-9,12-14H,10-11H2,1-2H3,(H,23,27)(H,24,25). The van der Waals surface area contributed by atoms with E-state index in [1.807, 2.05) is 55.5 Å². The van der Waals surface area contributed by atoms with E-state index in [2.05, 4.69) is 15.6 Å². The first-order valence-corrected chi connectivity index (χ1v) is 10.6. The molecule has 0 radical (unpaired) electrons. The summed E-state index contributed by atoms with van der Waals surface area (Å²) in [7, 11) is 1.62. The second kappa shape index (κ2) is 9.05. The van der Waals surface area contributed by atoms with Crippen molar-refractivity contribution in [3.05, 3.63) is 65.2 Å². The maximum atomic E-state index is 12.7. The maximum absolute atomic E-state index is 12.7. The van der Waals surface area contributed by atoms with E-state index in [0.29, 0.717) is 24.0 Å². The number of amides is 2. The first-order valence-electron chi connectivity index (χ1n) is 9.75. The van der Waals surface area contributed by atoms with Crippen LogP contribution in [0.5, 0.6) is 5.75 Å². The Labute approximate surface area is 183 Å². The van der Waals surface area contributed by atoms with E-state index in [0.717, 1.165) is 22.7 Å². The van der Waals surface area contributed by atoms with Gasteiger partial charge in [-0.05, 0) is 48.9 Å². The molecule has 0 saturated carbocycles. The van der Waals surface area contributed by atoms with Crippen LogP contribution in [0, 0.1) is 0 Å². The van der Waals surface area contributed by atoms with Gasteiger partial charge in [-0.3, -0.25) is 9.69 Å². The third-order valence-electron chi connectivity index (χ3n) is 4.87. The van der Waals surface area contributed by atoms with Crippen LogP contribution >= 0.6 is 11.3 Å². The molecule has 31 heavy (non-hydrogen) atoms. The summed E-state index contributed by atoms with van der Waals surface area (Å²) in [6, 6.07) is 14.7. The number of cyclic esters (lactones) is 1. The largest absolute Gasteiger partial charge is 0.497 e. The fourth-order valence-electron chi connectivity index (χ4n) is 3.18. The van der Waals surface area contributed by atoms with Crippen LogP contribution in [-0.4, -0.2) is 37.2 Å². The first-order chi connectivity index (χ1) is 15.0. The smallest absolute Gasteiger partial charge is 0.414 e. The molecule has 1 unspecified atom stereocenters. The molecule has 4 rings (SSSR count). The van der Waals surface area contributed by atoms with Gasteiger partial charge in [-0.25, -0.2) is 9.78 Å². The molecule has 160 valence electrons. The number of benzene rings is 2. The molecule has 0 aliphatic carbocycles. The Kier molecular flexibility index (Phi) is 6.03. The van der Waals surface area contributed by atoms with Gasteiger partial charge in [0.05, 0.1) is 19.7 Å². The average molecular weight is 439 g/mol. The van der Waals surface area contributed by atoms with Crippen molar-refractivity contribution in [3.8, 4) is 5.75 Å². The van der Waals surface area contributed by atoms with Gasteiger partial charge in [0.15, 0.2) is 5.13 Å². The highest BCUT2D eigenvalue weighted by Gasteiger charge is 2.24. The fraction of sp³-hybridized carbons (Fsp3) is 0.227. The number of thiazole rings is 1. The Morgan fingerprint density at radius 3 is 2.77 bits per heavy atom. The first kappa shape index (κ1) is 20.7. The van der Waals surface area contributed by atoms with E-state index in [9.17, 15) is 9.59 Å². The van der Waals surface area contributed by atoms with Crippen molar-refractivity contribution < 1.29 is 19.1 Å². The summed E-state index contributed by atoms with van der Waals surface area (Å²) in [4.78, 5) is 30.4. The highest BCUT2D eigenvalue weighted by atomic mass is 32.1. The minimum Gasteiger partial charge on any atom is -0.497 e. The Bertz CT molecular complexity index is 1080. The topological polar surface area (TPSA) is 92.8 Å². The number of anilines is 3. The zero-order chi connectivity index (χ0) is 21.8. The van der Waals surface area contributed by atoms with Crippen molar-refractivity contribution in [2.75, 3.05) is 30.5 Å². The maximum Gasteiger partial charge on any atom is 0.414 e. The van der Waals surface area contributed by atoms with Gasteiger partial charge in [-0.2, -0.15) is 0 Å². The van der Waals surface area contributed by atoms with Gasteiger partial charge in [-0.1, -0.05) is 12.1 Å². The van der Waals surface area contributed by atoms with Crippen molar-refractivity contribution >= 4 is 39.8 Å². The second-order valence-electron chi connectivity index (χ2n) is 6.95. The number of carbonyl (C=O) groups excluding carboxylic acids is 2. The van der Waals surface area contributed by atoms with E-state index in [-0.39, 0.29) is 18.0 Å². The van der Waals surface area contributed by atoms with Gasteiger partial charge < -0.3 is 20.1 Å². The van der Waals surface area contributed by atoms with Crippen LogP contribution in [0.1, 0.15) is 29.0 Å². The number of carbonyl (C=O) groups is 2. The number of nitrogens with zero attached hydrogens (tertiary/aromatic N) is 2. The predicted molar refractivity (Wildman–Crippen MR) is 119 cm³/mol. The summed E-state index contributed by atoms with van der Waals surface area (Å²) in [6.45, 7) is 2.79. The summed E-state index contributed by atoms with van der Waals surface area (Å²) in [5, 5.41) is 8.48. The van der Waals surface area contributed by atoms with Gasteiger partial charge in [0.2, 0.25) is 0 Å². The molecule has 8 nitrogen and oxygen atoms in total. The normalized spacial score (nSPS) is 14.1. The molecule has 1 aliphatic heterocycles. The van der Waals surface area contributed by atoms with Gasteiger partial charge >= 0.3 is 6.09 Å². The number of aromatic nitrogens is 1. The molecule has 1 aromatic heterocycles. The molecule has 2 heterocycles. The Morgan fingerprint density at radius 1 is 1.26 bits per heavy atom. The van der Waals surface area contributed by atoms with Crippen molar-refractivity contribution in [3.63, 3.8) is 0 Å². The van der Waals surface area contributed by atoms with E-state index >= 15 is 0 Å². The van der Waals surface area contributed by atoms with E-state index < -0.39 is 0 Å². The molecule has 2 amide bonds. The molecule has 0 bridgehead atoms. The number of hydrogen-bond acceptors (Lipinski definition) is 7. The van der Waals surface area contributed by atoms with E-state index in [4.69, 9.17) is 9.47 Å². The number of rotatable bonds is 7. The third kappa shape index (κ3) is 4.77. The third-order valence-corrected chi connectivity index (χ3v) is 5.63. The minimum atomic E-state index is -0.354. The van der Waals surface area contributed by atoms with Gasteiger partial charge in [0, 0.05) is 16.8 Å². The Balaban J connectivity index is 1.39. The Hall–Kier alpha value is -3.59. The molecule has 9 heteroatoms. The summed E-state index contributed by atoms with van der Waals surface area (Å²) >= 11 is 1.35. The zero-order valence-corrected chi connectivity index (χ0v) is 17.9. The van der Waals surface area contributed by atoms with Gasteiger partial charge in [0.1, 0.15) is 18.1 Å². The van der Waals surface area contributed by atoms with Crippen LogP contribution in [-0.2, 0) is 4.74 Å².